The van der Waals surface area contributed by atoms with Crippen LogP contribution in [0.25, 0.3) is 0 Å². The van der Waals surface area contributed by atoms with Gasteiger partial charge in [-0.3, -0.25) is 9.59 Å². The van der Waals surface area contributed by atoms with Crippen LogP contribution in [0.2, 0.25) is 5.02 Å². The number of rotatable bonds is 8. The molecule has 0 heterocycles. The molecule has 1 amide bonds. The second-order valence-corrected chi connectivity index (χ2v) is 6.56. The van der Waals surface area contributed by atoms with E-state index in [4.69, 9.17) is 16.3 Å². The highest BCUT2D eigenvalue weighted by atomic mass is 35.5. The lowest BCUT2D eigenvalue weighted by atomic mass is 10.1. The highest BCUT2D eigenvalue weighted by Crippen LogP contribution is 2.14. The highest BCUT2D eigenvalue weighted by Gasteiger charge is 2.20. The Morgan fingerprint density at radius 2 is 1.74 bits per heavy atom. The van der Waals surface area contributed by atoms with Crippen LogP contribution in [0.1, 0.15) is 46.5 Å². The van der Waals surface area contributed by atoms with Gasteiger partial charge in [-0.1, -0.05) is 61.3 Å². The van der Waals surface area contributed by atoms with E-state index in [9.17, 15) is 14.4 Å². The summed E-state index contributed by atoms with van der Waals surface area (Å²) >= 11 is 5.96. The van der Waals surface area contributed by atoms with Crippen molar-refractivity contribution in [2.75, 3.05) is 6.61 Å². The largest absolute Gasteiger partial charge is 0.456 e. The fourth-order valence-electron chi connectivity index (χ4n) is 2.47. The Morgan fingerprint density at radius 3 is 2.37 bits per heavy atom. The van der Waals surface area contributed by atoms with Crippen molar-refractivity contribution in [3.63, 3.8) is 0 Å². The normalized spacial score (nSPS) is 11.5. The number of nitrogens with one attached hydrogen (secondary N) is 1. The summed E-state index contributed by atoms with van der Waals surface area (Å²) in [7, 11) is 0. The van der Waals surface area contributed by atoms with Crippen LogP contribution >= 0.6 is 11.6 Å². The van der Waals surface area contributed by atoms with Gasteiger partial charge in [0, 0.05) is 5.56 Å². The number of halogens is 1. The van der Waals surface area contributed by atoms with Gasteiger partial charge in [-0.2, -0.15) is 0 Å². The van der Waals surface area contributed by atoms with E-state index in [-0.39, 0.29) is 23.0 Å². The molecule has 0 saturated heterocycles. The van der Waals surface area contributed by atoms with Gasteiger partial charge in [0.25, 0.3) is 5.91 Å². The van der Waals surface area contributed by atoms with E-state index < -0.39 is 17.9 Å². The summed E-state index contributed by atoms with van der Waals surface area (Å²) in [6, 6.07) is 12.9. The van der Waals surface area contributed by atoms with E-state index in [0.717, 1.165) is 18.4 Å². The minimum Gasteiger partial charge on any atom is -0.456 e. The topological polar surface area (TPSA) is 72.5 Å². The molecule has 5 nitrogen and oxygen atoms in total. The minimum atomic E-state index is -0.909. The zero-order valence-corrected chi connectivity index (χ0v) is 16.1. The second-order valence-electron chi connectivity index (χ2n) is 6.15. The fraction of sp³-hybridized carbons (Fsp3) is 0.286. The van der Waals surface area contributed by atoms with Crippen molar-refractivity contribution in [3.8, 4) is 0 Å². The summed E-state index contributed by atoms with van der Waals surface area (Å²) in [5.74, 6) is -1.47. The van der Waals surface area contributed by atoms with Gasteiger partial charge in [-0.05, 0) is 31.0 Å². The summed E-state index contributed by atoms with van der Waals surface area (Å²) in [6.07, 6.45) is 1.98. The number of benzene rings is 2. The Kier molecular flexibility index (Phi) is 7.55. The Morgan fingerprint density at radius 1 is 1.07 bits per heavy atom. The molecule has 2 aromatic rings. The van der Waals surface area contributed by atoms with Gasteiger partial charge in [0.2, 0.25) is 0 Å². The number of ether oxygens (including phenoxy) is 1. The van der Waals surface area contributed by atoms with Crippen LogP contribution in [0.4, 0.5) is 0 Å². The van der Waals surface area contributed by atoms with Crippen molar-refractivity contribution in [1.82, 2.24) is 5.32 Å². The molecule has 27 heavy (non-hydrogen) atoms. The SMILES string of the molecule is CCCc1ccc(C(=O)COC(=O)[C@H](C)NC(=O)c2ccccc2Cl)cc1. The number of Topliss-reactive ketones (excluding diaryl/α,β-unsaturated/α-hetero) is 1. The number of aryl methyl sites for hydroxylation is 1. The first-order valence-corrected chi connectivity index (χ1v) is 9.14. The molecule has 142 valence electrons. The standard InChI is InChI=1S/C21H22ClNO4/c1-3-6-15-9-11-16(12-10-15)19(24)13-27-21(26)14(2)23-20(25)17-7-4-5-8-18(17)22/h4-5,7-12,14H,3,6,13H2,1-2H3,(H,23,25)/t14-/m0/s1. The van der Waals surface area contributed by atoms with E-state index in [1.54, 1.807) is 36.4 Å². The van der Waals surface area contributed by atoms with E-state index in [1.807, 2.05) is 12.1 Å². The van der Waals surface area contributed by atoms with Gasteiger partial charge in [0.1, 0.15) is 6.04 Å². The average Bonchev–Trinajstić information content (AvgIpc) is 2.66. The van der Waals surface area contributed by atoms with Crippen molar-refractivity contribution in [2.45, 2.75) is 32.7 Å². The highest BCUT2D eigenvalue weighted by molar-refractivity contribution is 6.33. The van der Waals surface area contributed by atoms with Crippen LogP contribution in [-0.2, 0) is 16.0 Å². The molecule has 0 radical (unpaired) electrons. The molecule has 0 aliphatic carbocycles. The van der Waals surface area contributed by atoms with Gasteiger partial charge in [-0.15, -0.1) is 0 Å². The first kappa shape index (κ1) is 20.6. The molecule has 0 saturated carbocycles. The molecule has 0 aromatic heterocycles. The summed E-state index contributed by atoms with van der Waals surface area (Å²) < 4.78 is 5.03. The van der Waals surface area contributed by atoms with Gasteiger partial charge < -0.3 is 10.1 Å². The van der Waals surface area contributed by atoms with Crippen LogP contribution < -0.4 is 5.32 Å². The number of ketones is 1. The van der Waals surface area contributed by atoms with Crippen LogP contribution in [0, 0.1) is 0 Å². The molecular formula is C21H22ClNO4. The number of carbonyl (C=O) groups excluding carboxylic acids is 3. The molecule has 1 atom stereocenters. The molecule has 0 bridgehead atoms. The van der Waals surface area contributed by atoms with Gasteiger partial charge in [0.15, 0.2) is 12.4 Å². The molecule has 1 N–H and O–H groups in total. The van der Waals surface area contributed by atoms with Crippen molar-refractivity contribution in [2.24, 2.45) is 0 Å². The van der Waals surface area contributed by atoms with Crippen molar-refractivity contribution < 1.29 is 19.1 Å². The zero-order chi connectivity index (χ0) is 19.8. The monoisotopic (exact) mass is 387 g/mol. The molecule has 6 heteroatoms. The lowest BCUT2D eigenvalue weighted by molar-refractivity contribution is -0.144. The van der Waals surface area contributed by atoms with Gasteiger partial charge >= 0.3 is 5.97 Å². The Hall–Kier alpha value is -2.66. The number of amides is 1. The number of hydrogen-bond acceptors (Lipinski definition) is 4. The fourth-order valence-corrected chi connectivity index (χ4v) is 2.69. The first-order valence-electron chi connectivity index (χ1n) is 8.76. The second kappa shape index (κ2) is 9.88. The van der Waals surface area contributed by atoms with Crippen LogP contribution in [-0.4, -0.2) is 30.3 Å². The molecule has 0 aliphatic heterocycles. The van der Waals surface area contributed by atoms with Crippen molar-refractivity contribution in [1.29, 1.82) is 0 Å². The maximum Gasteiger partial charge on any atom is 0.328 e. The van der Waals surface area contributed by atoms with Gasteiger partial charge in [-0.25, -0.2) is 4.79 Å². The molecular weight excluding hydrogens is 366 g/mol. The number of hydrogen-bond donors (Lipinski definition) is 1. The first-order chi connectivity index (χ1) is 12.9. The van der Waals surface area contributed by atoms with E-state index >= 15 is 0 Å². The lowest BCUT2D eigenvalue weighted by Gasteiger charge is -2.13. The van der Waals surface area contributed by atoms with Crippen LogP contribution in [0.15, 0.2) is 48.5 Å². The Labute approximate surface area is 163 Å². The van der Waals surface area contributed by atoms with Crippen molar-refractivity contribution >= 4 is 29.3 Å². The third-order valence-electron chi connectivity index (χ3n) is 3.98. The molecule has 0 spiro atoms. The molecule has 0 aliphatic rings. The summed E-state index contributed by atoms with van der Waals surface area (Å²) in [5.41, 5.74) is 1.90. The van der Waals surface area contributed by atoms with Crippen LogP contribution in [0.5, 0.6) is 0 Å². The zero-order valence-electron chi connectivity index (χ0n) is 15.3. The maximum absolute atomic E-state index is 12.2. The van der Waals surface area contributed by atoms with Crippen LogP contribution in [0.3, 0.4) is 0 Å². The smallest absolute Gasteiger partial charge is 0.328 e. The predicted octanol–water partition coefficient (Wildman–Crippen LogP) is 3.84. The summed E-state index contributed by atoms with van der Waals surface area (Å²) in [4.78, 5) is 36.3. The average molecular weight is 388 g/mol. The number of esters is 1. The Balaban J connectivity index is 1.86. The van der Waals surface area contributed by atoms with E-state index in [0.29, 0.717) is 5.56 Å². The molecule has 0 fully saturated rings. The third kappa shape index (κ3) is 5.93. The minimum absolute atomic E-state index is 0.266. The maximum atomic E-state index is 12.2. The predicted molar refractivity (Wildman–Crippen MR) is 104 cm³/mol. The molecule has 0 unspecified atom stereocenters. The molecule has 2 aromatic carbocycles. The van der Waals surface area contributed by atoms with Gasteiger partial charge in [0.05, 0.1) is 10.6 Å². The summed E-state index contributed by atoms with van der Waals surface area (Å²) in [5, 5.41) is 2.80. The quantitative estimate of drug-likeness (QED) is 0.551. The number of carbonyl (C=O) groups is 3. The van der Waals surface area contributed by atoms with E-state index in [2.05, 4.69) is 12.2 Å². The third-order valence-corrected chi connectivity index (χ3v) is 4.31. The summed E-state index contributed by atoms with van der Waals surface area (Å²) in [6.45, 7) is 3.20. The Bertz CT molecular complexity index is 817. The molecule has 2 rings (SSSR count). The van der Waals surface area contributed by atoms with E-state index in [1.165, 1.54) is 6.92 Å². The lowest BCUT2D eigenvalue weighted by Crippen LogP contribution is -2.40. The van der Waals surface area contributed by atoms with Crippen molar-refractivity contribution in [3.05, 3.63) is 70.2 Å².